The average Bonchev–Trinajstić information content (AvgIpc) is 2.75. The highest BCUT2D eigenvalue weighted by molar-refractivity contribution is 7.89. The number of aryl methyl sites for hydroxylation is 2. The van der Waals surface area contributed by atoms with Crippen LogP contribution >= 0.6 is 23.2 Å². The molecule has 0 aliphatic carbocycles. The predicted octanol–water partition coefficient (Wildman–Crippen LogP) is 4.06. The summed E-state index contributed by atoms with van der Waals surface area (Å²) in [5, 5.41) is 3.53. The standard InChI is InChI=1S/C22H27Cl2N3O3S/c1-3-16-6-5-7-17(4-2)22(16)25-21(28)15-26-10-12-27(13-11-26)31(29,30)20-14-18(23)8-9-19(20)24/h5-9,14H,3-4,10-13,15H2,1-2H3,(H,25,28). The zero-order valence-corrected chi connectivity index (χ0v) is 20.0. The van der Waals surface area contributed by atoms with Gasteiger partial charge in [0, 0.05) is 36.9 Å². The molecule has 0 atom stereocenters. The van der Waals surface area contributed by atoms with E-state index in [0.717, 1.165) is 29.7 Å². The van der Waals surface area contributed by atoms with Gasteiger partial charge in [-0.1, -0.05) is 55.2 Å². The molecule has 0 radical (unpaired) electrons. The van der Waals surface area contributed by atoms with E-state index >= 15 is 0 Å². The van der Waals surface area contributed by atoms with Crippen LogP contribution in [0.5, 0.6) is 0 Å². The molecule has 0 bridgehead atoms. The molecule has 9 heteroatoms. The van der Waals surface area contributed by atoms with Crippen LogP contribution in [0.15, 0.2) is 41.3 Å². The fourth-order valence-electron chi connectivity index (χ4n) is 3.73. The summed E-state index contributed by atoms with van der Waals surface area (Å²) in [6, 6.07) is 10.5. The van der Waals surface area contributed by atoms with Crippen molar-refractivity contribution in [2.24, 2.45) is 0 Å². The fourth-order valence-corrected chi connectivity index (χ4v) is 5.89. The summed E-state index contributed by atoms with van der Waals surface area (Å²) in [6.45, 7) is 5.83. The van der Waals surface area contributed by atoms with Crippen molar-refractivity contribution >= 4 is 44.8 Å². The van der Waals surface area contributed by atoms with Crippen molar-refractivity contribution in [2.75, 3.05) is 38.0 Å². The van der Waals surface area contributed by atoms with Gasteiger partial charge < -0.3 is 5.32 Å². The van der Waals surface area contributed by atoms with Gasteiger partial charge in [0.25, 0.3) is 0 Å². The number of nitrogens with one attached hydrogen (secondary N) is 1. The maximum atomic E-state index is 13.0. The van der Waals surface area contributed by atoms with Gasteiger partial charge in [0.2, 0.25) is 15.9 Å². The van der Waals surface area contributed by atoms with Crippen LogP contribution < -0.4 is 5.32 Å². The van der Waals surface area contributed by atoms with E-state index < -0.39 is 10.0 Å². The van der Waals surface area contributed by atoms with Gasteiger partial charge in [-0.25, -0.2) is 8.42 Å². The van der Waals surface area contributed by atoms with Crippen LogP contribution in [0.1, 0.15) is 25.0 Å². The van der Waals surface area contributed by atoms with Crippen molar-refractivity contribution in [3.05, 3.63) is 57.6 Å². The molecule has 0 spiro atoms. The smallest absolute Gasteiger partial charge is 0.244 e. The Morgan fingerprint density at radius 2 is 1.61 bits per heavy atom. The number of hydrogen-bond acceptors (Lipinski definition) is 4. The second kappa shape index (κ2) is 10.3. The van der Waals surface area contributed by atoms with Crippen LogP contribution in [0.25, 0.3) is 0 Å². The molecule has 3 rings (SSSR count). The molecule has 1 aliphatic heterocycles. The van der Waals surface area contributed by atoms with Crippen LogP contribution in [0.2, 0.25) is 10.0 Å². The second-order valence-corrected chi connectivity index (χ2v) is 10.2. The summed E-state index contributed by atoms with van der Waals surface area (Å²) in [5.41, 5.74) is 3.12. The third-order valence-corrected chi connectivity index (χ3v) is 8.09. The van der Waals surface area contributed by atoms with Gasteiger partial charge >= 0.3 is 0 Å². The van der Waals surface area contributed by atoms with E-state index in [2.05, 4.69) is 19.2 Å². The van der Waals surface area contributed by atoms with Gasteiger partial charge in [-0.05, 0) is 42.2 Å². The predicted molar refractivity (Wildman–Crippen MR) is 125 cm³/mol. The molecule has 168 valence electrons. The highest BCUT2D eigenvalue weighted by Crippen LogP contribution is 2.28. The number of piperazine rings is 1. The Bertz CT molecular complexity index is 1030. The zero-order valence-electron chi connectivity index (χ0n) is 17.7. The maximum Gasteiger partial charge on any atom is 0.244 e. The van der Waals surface area contributed by atoms with Crippen molar-refractivity contribution in [2.45, 2.75) is 31.6 Å². The summed E-state index contributed by atoms with van der Waals surface area (Å²) < 4.78 is 27.3. The number of halogens is 2. The van der Waals surface area contributed by atoms with E-state index in [1.54, 1.807) is 6.07 Å². The van der Waals surface area contributed by atoms with Crippen molar-refractivity contribution in [1.82, 2.24) is 9.21 Å². The molecule has 1 N–H and O–H groups in total. The Morgan fingerprint density at radius 1 is 1.00 bits per heavy atom. The van der Waals surface area contributed by atoms with E-state index in [0.29, 0.717) is 18.1 Å². The van der Waals surface area contributed by atoms with E-state index in [-0.39, 0.29) is 35.5 Å². The van der Waals surface area contributed by atoms with Gasteiger partial charge in [-0.3, -0.25) is 9.69 Å². The minimum Gasteiger partial charge on any atom is -0.324 e. The first-order chi connectivity index (χ1) is 14.8. The summed E-state index contributed by atoms with van der Waals surface area (Å²) in [5.74, 6) is -0.0928. The van der Waals surface area contributed by atoms with Gasteiger partial charge in [0.1, 0.15) is 4.90 Å². The summed E-state index contributed by atoms with van der Waals surface area (Å²) in [7, 11) is -3.74. The van der Waals surface area contributed by atoms with Crippen LogP contribution in [0.3, 0.4) is 0 Å². The second-order valence-electron chi connectivity index (χ2n) is 7.46. The molecular formula is C22H27Cl2N3O3S. The summed E-state index contributed by atoms with van der Waals surface area (Å²) in [4.78, 5) is 14.7. The SMILES string of the molecule is CCc1cccc(CC)c1NC(=O)CN1CCN(S(=O)(=O)c2cc(Cl)ccc2Cl)CC1. The number of nitrogens with zero attached hydrogens (tertiary/aromatic N) is 2. The van der Waals surface area contributed by atoms with E-state index in [1.807, 2.05) is 23.1 Å². The van der Waals surface area contributed by atoms with E-state index in [9.17, 15) is 13.2 Å². The number of hydrogen-bond donors (Lipinski definition) is 1. The first-order valence-corrected chi connectivity index (χ1v) is 12.5. The number of anilines is 1. The van der Waals surface area contributed by atoms with Crippen molar-refractivity contribution < 1.29 is 13.2 Å². The number of amides is 1. The monoisotopic (exact) mass is 483 g/mol. The number of carbonyl (C=O) groups excluding carboxylic acids is 1. The molecule has 1 fully saturated rings. The molecule has 1 saturated heterocycles. The molecule has 0 aromatic heterocycles. The topological polar surface area (TPSA) is 69.7 Å². The van der Waals surface area contributed by atoms with Gasteiger partial charge in [0.15, 0.2) is 0 Å². The minimum absolute atomic E-state index is 0.0103. The van der Waals surface area contributed by atoms with Gasteiger partial charge in [-0.15, -0.1) is 0 Å². The Hall–Kier alpha value is -1.64. The normalized spacial score (nSPS) is 15.7. The minimum atomic E-state index is -3.74. The van der Waals surface area contributed by atoms with Crippen LogP contribution in [0, 0.1) is 0 Å². The molecule has 6 nitrogen and oxygen atoms in total. The number of carbonyl (C=O) groups is 1. The van der Waals surface area contributed by atoms with Gasteiger partial charge in [-0.2, -0.15) is 4.31 Å². The Kier molecular flexibility index (Phi) is 7.99. The summed E-state index contributed by atoms with van der Waals surface area (Å²) in [6.07, 6.45) is 1.68. The number of para-hydroxylation sites is 1. The molecule has 0 saturated carbocycles. The Balaban J connectivity index is 1.62. The quantitative estimate of drug-likeness (QED) is 0.644. The lowest BCUT2D eigenvalue weighted by Crippen LogP contribution is -2.50. The molecule has 2 aromatic rings. The number of benzene rings is 2. The highest BCUT2D eigenvalue weighted by atomic mass is 35.5. The first kappa shape index (κ1) is 24.0. The first-order valence-electron chi connectivity index (χ1n) is 10.3. The average molecular weight is 484 g/mol. The Labute approximate surface area is 194 Å². The van der Waals surface area contributed by atoms with Crippen molar-refractivity contribution in [1.29, 1.82) is 0 Å². The molecule has 1 aliphatic rings. The Morgan fingerprint density at radius 3 is 2.19 bits per heavy atom. The van der Waals surface area contributed by atoms with Crippen LogP contribution in [-0.4, -0.2) is 56.3 Å². The number of sulfonamides is 1. The fraction of sp³-hybridized carbons (Fsp3) is 0.409. The highest BCUT2D eigenvalue weighted by Gasteiger charge is 2.30. The molecular weight excluding hydrogens is 457 g/mol. The number of rotatable bonds is 7. The van der Waals surface area contributed by atoms with E-state index in [1.165, 1.54) is 16.4 Å². The summed E-state index contributed by atoms with van der Waals surface area (Å²) >= 11 is 12.1. The zero-order chi connectivity index (χ0) is 22.6. The third kappa shape index (κ3) is 5.59. The molecule has 1 amide bonds. The molecule has 2 aromatic carbocycles. The lowest BCUT2D eigenvalue weighted by Gasteiger charge is -2.33. The lowest BCUT2D eigenvalue weighted by molar-refractivity contribution is -0.117. The van der Waals surface area contributed by atoms with Crippen molar-refractivity contribution in [3.63, 3.8) is 0 Å². The van der Waals surface area contributed by atoms with E-state index in [4.69, 9.17) is 23.2 Å². The molecule has 1 heterocycles. The molecule has 31 heavy (non-hydrogen) atoms. The lowest BCUT2D eigenvalue weighted by atomic mass is 10.0. The van der Waals surface area contributed by atoms with Gasteiger partial charge in [0.05, 0.1) is 11.6 Å². The van der Waals surface area contributed by atoms with Crippen LogP contribution in [0.4, 0.5) is 5.69 Å². The third-order valence-electron chi connectivity index (χ3n) is 5.47. The largest absolute Gasteiger partial charge is 0.324 e. The maximum absolute atomic E-state index is 13.0. The molecule has 0 unspecified atom stereocenters. The van der Waals surface area contributed by atoms with Crippen molar-refractivity contribution in [3.8, 4) is 0 Å². The van der Waals surface area contributed by atoms with Crippen LogP contribution in [-0.2, 0) is 27.7 Å².